The summed E-state index contributed by atoms with van der Waals surface area (Å²) in [6.45, 7) is 1.11. The quantitative estimate of drug-likeness (QED) is 0.854. The summed E-state index contributed by atoms with van der Waals surface area (Å²) in [6, 6.07) is 10.6. The van der Waals surface area contributed by atoms with Gasteiger partial charge in [-0.1, -0.05) is 30.3 Å². The third kappa shape index (κ3) is 3.33. The van der Waals surface area contributed by atoms with Crippen molar-refractivity contribution in [1.82, 2.24) is 5.32 Å². The molecule has 1 saturated carbocycles. The van der Waals surface area contributed by atoms with Crippen LogP contribution in [-0.2, 0) is 4.79 Å². The number of hydrogen-bond acceptors (Lipinski definition) is 2. The third-order valence-electron chi connectivity index (χ3n) is 3.81. The van der Waals surface area contributed by atoms with Gasteiger partial charge in [0.1, 0.15) is 0 Å². The molecule has 0 aromatic heterocycles. The van der Waals surface area contributed by atoms with Gasteiger partial charge in [0, 0.05) is 19.0 Å². The number of benzene rings is 1. The molecule has 0 spiro atoms. The second kappa shape index (κ2) is 6.55. The third-order valence-corrected chi connectivity index (χ3v) is 3.81. The van der Waals surface area contributed by atoms with Crippen LogP contribution in [0.15, 0.2) is 30.3 Å². The molecule has 0 aliphatic heterocycles. The van der Waals surface area contributed by atoms with Crippen molar-refractivity contribution in [2.24, 2.45) is 11.7 Å². The Morgan fingerprint density at radius 2 is 1.83 bits per heavy atom. The molecule has 3 heteroatoms. The summed E-state index contributed by atoms with van der Waals surface area (Å²) in [5, 5.41) is 2.89. The smallest absolute Gasteiger partial charge is 0.223 e. The van der Waals surface area contributed by atoms with E-state index >= 15 is 0 Å². The lowest BCUT2D eigenvalue weighted by Gasteiger charge is -2.28. The van der Waals surface area contributed by atoms with Crippen LogP contribution in [0.2, 0.25) is 0 Å². The standard InChI is InChI=1S/C15H22N2O/c16-10-11-17-15(18)14-8-6-13(7-9-14)12-4-2-1-3-5-12/h1-5,13-14H,6-11,16H2,(H,17,18). The fraction of sp³-hybridized carbons (Fsp3) is 0.533. The van der Waals surface area contributed by atoms with Gasteiger partial charge in [0.2, 0.25) is 5.91 Å². The molecule has 0 radical (unpaired) electrons. The molecule has 2 rings (SSSR count). The zero-order chi connectivity index (χ0) is 12.8. The van der Waals surface area contributed by atoms with Gasteiger partial charge in [-0.2, -0.15) is 0 Å². The van der Waals surface area contributed by atoms with Crippen LogP contribution in [0, 0.1) is 5.92 Å². The van der Waals surface area contributed by atoms with E-state index in [1.165, 1.54) is 5.56 Å². The minimum atomic E-state index is 0.187. The van der Waals surface area contributed by atoms with E-state index in [2.05, 4.69) is 35.6 Å². The normalized spacial score (nSPS) is 23.6. The van der Waals surface area contributed by atoms with Gasteiger partial charge in [-0.25, -0.2) is 0 Å². The molecule has 0 saturated heterocycles. The molecular formula is C15H22N2O. The first-order valence-electron chi connectivity index (χ1n) is 6.84. The topological polar surface area (TPSA) is 55.1 Å². The Kier molecular flexibility index (Phi) is 4.76. The van der Waals surface area contributed by atoms with E-state index in [9.17, 15) is 4.79 Å². The van der Waals surface area contributed by atoms with Crippen LogP contribution in [0.5, 0.6) is 0 Å². The predicted octanol–water partition coefficient (Wildman–Crippen LogP) is 2.04. The second-order valence-corrected chi connectivity index (χ2v) is 5.04. The molecule has 98 valence electrons. The summed E-state index contributed by atoms with van der Waals surface area (Å²) in [5.41, 5.74) is 6.80. The van der Waals surface area contributed by atoms with Crippen molar-refractivity contribution in [2.75, 3.05) is 13.1 Å². The molecule has 0 bridgehead atoms. The van der Waals surface area contributed by atoms with Gasteiger partial charge in [0.15, 0.2) is 0 Å². The molecule has 0 heterocycles. The highest BCUT2D eigenvalue weighted by atomic mass is 16.1. The van der Waals surface area contributed by atoms with Crippen LogP contribution in [-0.4, -0.2) is 19.0 Å². The van der Waals surface area contributed by atoms with Gasteiger partial charge in [0.25, 0.3) is 0 Å². The van der Waals surface area contributed by atoms with Gasteiger partial charge in [-0.3, -0.25) is 4.79 Å². The predicted molar refractivity (Wildman–Crippen MR) is 73.2 cm³/mol. The van der Waals surface area contributed by atoms with Crippen molar-refractivity contribution in [1.29, 1.82) is 0 Å². The Bertz CT molecular complexity index is 369. The van der Waals surface area contributed by atoms with Crippen molar-refractivity contribution >= 4 is 5.91 Å². The molecule has 0 atom stereocenters. The van der Waals surface area contributed by atoms with Crippen molar-refractivity contribution in [2.45, 2.75) is 31.6 Å². The first-order chi connectivity index (χ1) is 8.81. The van der Waals surface area contributed by atoms with Crippen LogP contribution in [0.3, 0.4) is 0 Å². The van der Waals surface area contributed by atoms with Crippen molar-refractivity contribution < 1.29 is 4.79 Å². The molecule has 1 fully saturated rings. The van der Waals surface area contributed by atoms with Crippen LogP contribution in [0.1, 0.15) is 37.2 Å². The van der Waals surface area contributed by atoms with E-state index in [0.29, 0.717) is 19.0 Å². The molecule has 1 aliphatic carbocycles. The number of rotatable bonds is 4. The van der Waals surface area contributed by atoms with E-state index < -0.39 is 0 Å². The van der Waals surface area contributed by atoms with Crippen LogP contribution in [0.4, 0.5) is 0 Å². The fourth-order valence-corrected chi connectivity index (χ4v) is 2.75. The average molecular weight is 246 g/mol. The van der Waals surface area contributed by atoms with Gasteiger partial charge in [-0.15, -0.1) is 0 Å². The summed E-state index contributed by atoms with van der Waals surface area (Å²) in [7, 11) is 0. The van der Waals surface area contributed by atoms with Crippen molar-refractivity contribution in [3.8, 4) is 0 Å². The molecule has 3 nitrogen and oxygen atoms in total. The lowest BCUT2D eigenvalue weighted by molar-refractivity contribution is -0.125. The SMILES string of the molecule is NCCNC(=O)C1CCC(c2ccccc2)CC1. The average Bonchev–Trinajstić information content (AvgIpc) is 2.46. The molecular weight excluding hydrogens is 224 g/mol. The maximum absolute atomic E-state index is 11.8. The van der Waals surface area contributed by atoms with Gasteiger partial charge in [0.05, 0.1) is 0 Å². The minimum Gasteiger partial charge on any atom is -0.355 e. The Labute approximate surface area is 109 Å². The summed E-state index contributed by atoms with van der Waals surface area (Å²) >= 11 is 0. The lowest BCUT2D eigenvalue weighted by atomic mass is 9.78. The highest BCUT2D eigenvalue weighted by molar-refractivity contribution is 5.78. The molecule has 1 amide bonds. The Hall–Kier alpha value is -1.35. The molecule has 1 aromatic rings. The number of nitrogens with two attached hydrogens (primary N) is 1. The number of nitrogens with one attached hydrogen (secondary N) is 1. The number of hydrogen-bond donors (Lipinski definition) is 2. The van der Waals surface area contributed by atoms with E-state index in [4.69, 9.17) is 5.73 Å². The maximum Gasteiger partial charge on any atom is 0.223 e. The Morgan fingerprint density at radius 1 is 1.17 bits per heavy atom. The van der Waals surface area contributed by atoms with Crippen molar-refractivity contribution in [3.63, 3.8) is 0 Å². The van der Waals surface area contributed by atoms with Crippen molar-refractivity contribution in [3.05, 3.63) is 35.9 Å². The van der Waals surface area contributed by atoms with Crippen LogP contribution < -0.4 is 11.1 Å². The van der Waals surface area contributed by atoms with Crippen LogP contribution >= 0.6 is 0 Å². The highest BCUT2D eigenvalue weighted by Gasteiger charge is 2.26. The minimum absolute atomic E-state index is 0.187. The summed E-state index contributed by atoms with van der Waals surface area (Å²) in [5.74, 6) is 1.01. The lowest BCUT2D eigenvalue weighted by Crippen LogP contribution is -2.35. The summed E-state index contributed by atoms with van der Waals surface area (Å²) < 4.78 is 0. The first-order valence-corrected chi connectivity index (χ1v) is 6.84. The largest absolute Gasteiger partial charge is 0.355 e. The van der Waals surface area contributed by atoms with E-state index in [1.54, 1.807) is 0 Å². The summed E-state index contributed by atoms with van der Waals surface area (Å²) in [6.07, 6.45) is 4.22. The van der Waals surface area contributed by atoms with Gasteiger partial charge >= 0.3 is 0 Å². The fourth-order valence-electron chi connectivity index (χ4n) is 2.75. The number of carbonyl (C=O) groups is 1. The molecule has 1 aliphatic rings. The molecule has 0 unspecified atom stereocenters. The maximum atomic E-state index is 11.8. The number of amides is 1. The van der Waals surface area contributed by atoms with Gasteiger partial charge in [-0.05, 0) is 37.2 Å². The van der Waals surface area contributed by atoms with Crippen LogP contribution in [0.25, 0.3) is 0 Å². The monoisotopic (exact) mass is 246 g/mol. The Morgan fingerprint density at radius 3 is 2.44 bits per heavy atom. The van der Waals surface area contributed by atoms with E-state index in [-0.39, 0.29) is 11.8 Å². The first kappa shape index (κ1) is 13.1. The Balaban J connectivity index is 1.83. The molecule has 18 heavy (non-hydrogen) atoms. The molecule has 1 aromatic carbocycles. The zero-order valence-electron chi connectivity index (χ0n) is 10.8. The van der Waals surface area contributed by atoms with E-state index in [0.717, 1.165) is 25.7 Å². The number of carbonyl (C=O) groups excluding carboxylic acids is 1. The highest BCUT2D eigenvalue weighted by Crippen LogP contribution is 2.35. The molecule has 3 N–H and O–H groups in total. The zero-order valence-corrected chi connectivity index (χ0v) is 10.8. The summed E-state index contributed by atoms with van der Waals surface area (Å²) in [4.78, 5) is 11.8. The van der Waals surface area contributed by atoms with E-state index in [1.807, 2.05) is 0 Å². The second-order valence-electron chi connectivity index (χ2n) is 5.04. The van der Waals surface area contributed by atoms with Gasteiger partial charge < -0.3 is 11.1 Å².